The minimum absolute atomic E-state index is 0.0292. The van der Waals surface area contributed by atoms with Crippen molar-refractivity contribution >= 4 is 5.91 Å². The first-order valence-corrected chi connectivity index (χ1v) is 7.01. The summed E-state index contributed by atoms with van der Waals surface area (Å²) in [5.41, 5.74) is 0.861. The van der Waals surface area contributed by atoms with E-state index in [9.17, 15) is 9.18 Å². The van der Waals surface area contributed by atoms with Crippen molar-refractivity contribution in [2.75, 3.05) is 6.54 Å². The van der Waals surface area contributed by atoms with Crippen LogP contribution in [0.5, 0.6) is 0 Å². The van der Waals surface area contributed by atoms with Gasteiger partial charge in [-0.2, -0.15) is 5.21 Å². The summed E-state index contributed by atoms with van der Waals surface area (Å²) in [5, 5.41) is 13.5. The number of aromatic amines is 1. The molecule has 1 N–H and O–H groups in total. The third-order valence-corrected chi connectivity index (χ3v) is 3.76. The van der Waals surface area contributed by atoms with Gasteiger partial charge in [0, 0.05) is 19.4 Å². The SMILES string of the molecule is O=C(CCc1nn[nH]n1)N1CCCC1c1cccc(F)c1. The van der Waals surface area contributed by atoms with Crippen molar-refractivity contribution in [3.05, 3.63) is 41.5 Å². The molecule has 0 bridgehead atoms. The molecule has 1 unspecified atom stereocenters. The zero-order valence-electron chi connectivity index (χ0n) is 11.5. The molecular weight excluding hydrogens is 273 g/mol. The van der Waals surface area contributed by atoms with Gasteiger partial charge in [-0.15, -0.1) is 10.2 Å². The summed E-state index contributed by atoms with van der Waals surface area (Å²) in [6, 6.07) is 6.46. The molecule has 0 spiro atoms. The largest absolute Gasteiger partial charge is 0.336 e. The van der Waals surface area contributed by atoms with Gasteiger partial charge in [-0.05, 0) is 30.5 Å². The van der Waals surface area contributed by atoms with Crippen LogP contribution < -0.4 is 0 Å². The Bertz CT molecular complexity index is 616. The summed E-state index contributed by atoms with van der Waals surface area (Å²) in [7, 11) is 0. The zero-order valence-corrected chi connectivity index (χ0v) is 11.5. The molecule has 1 aromatic carbocycles. The number of nitrogens with zero attached hydrogens (tertiary/aromatic N) is 4. The number of aryl methyl sites for hydroxylation is 1. The number of halogens is 1. The number of benzene rings is 1. The molecule has 7 heteroatoms. The molecule has 2 aromatic rings. The number of carbonyl (C=O) groups is 1. The highest BCUT2D eigenvalue weighted by atomic mass is 19.1. The van der Waals surface area contributed by atoms with Crippen molar-refractivity contribution in [3.8, 4) is 0 Å². The van der Waals surface area contributed by atoms with Gasteiger partial charge < -0.3 is 4.90 Å². The Balaban J connectivity index is 1.67. The molecule has 1 aliphatic rings. The average Bonchev–Trinajstić information content (AvgIpc) is 3.16. The summed E-state index contributed by atoms with van der Waals surface area (Å²) in [5.74, 6) is 0.315. The fraction of sp³-hybridized carbons (Fsp3) is 0.429. The van der Waals surface area contributed by atoms with Crippen molar-refractivity contribution < 1.29 is 9.18 Å². The molecule has 6 nitrogen and oxygen atoms in total. The highest BCUT2D eigenvalue weighted by Crippen LogP contribution is 2.32. The quantitative estimate of drug-likeness (QED) is 0.928. The van der Waals surface area contributed by atoms with Crippen LogP contribution >= 0.6 is 0 Å². The summed E-state index contributed by atoms with van der Waals surface area (Å²) in [4.78, 5) is 14.2. The highest BCUT2D eigenvalue weighted by Gasteiger charge is 2.29. The predicted molar refractivity (Wildman–Crippen MR) is 72.6 cm³/mol. The molecule has 110 valence electrons. The Kier molecular flexibility index (Phi) is 3.89. The average molecular weight is 289 g/mol. The monoisotopic (exact) mass is 289 g/mol. The molecular formula is C14H16FN5O. The van der Waals surface area contributed by atoms with Crippen LogP contribution in [0, 0.1) is 5.82 Å². The zero-order chi connectivity index (χ0) is 14.7. The van der Waals surface area contributed by atoms with Crippen LogP contribution in [0.2, 0.25) is 0 Å². The number of hydrogen-bond donors (Lipinski definition) is 1. The van der Waals surface area contributed by atoms with E-state index in [2.05, 4.69) is 20.6 Å². The second kappa shape index (κ2) is 5.99. The van der Waals surface area contributed by atoms with E-state index >= 15 is 0 Å². The number of amides is 1. The van der Waals surface area contributed by atoms with Gasteiger partial charge in [0.15, 0.2) is 5.82 Å². The molecule has 1 saturated heterocycles. The standard InChI is InChI=1S/C14H16FN5O/c15-11-4-1-3-10(9-11)12-5-2-8-20(12)14(21)7-6-13-16-18-19-17-13/h1,3-4,9,12H,2,5-8H2,(H,16,17,18,19). The molecule has 1 amide bonds. The Labute approximate surface area is 121 Å². The number of carbonyl (C=O) groups excluding carboxylic acids is 1. The fourth-order valence-corrected chi connectivity index (χ4v) is 2.78. The lowest BCUT2D eigenvalue weighted by Gasteiger charge is -2.25. The number of tetrazole rings is 1. The first-order valence-electron chi connectivity index (χ1n) is 7.01. The number of aromatic nitrogens is 4. The Hall–Kier alpha value is -2.31. The summed E-state index contributed by atoms with van der Waals surface area (Å²) >= 11 is 0. The predicted octanol–water partition coefficient (Wildman–Crippen LogP) is 1.64. The molecule has 3 rings (SSSR count). The third kappa shape index (κ3) is 3.07. The molecule has 1 atom stereocenters. The highest BCUT2D eigenvalue weighted by molar-refractivity contribution is 5.77. The Morgan fingerprint density at radius 2 is 2.38 bits per heavy atom. The molecule has 1 aromatic heterocycles. The second-order valence-corrected chi connectivity index (χ2v) is 5.13. The van der Waals surface area contributed by atoms with Crippen LogP contribution in [0.25, 0.3) is 0 Å². The number of hydrogen-bond acceptors (Lipinski definition) is 4. The van der Waals surface area contributed by atoms with Gasteiger partial charge in [0.2, 0.25) is 5.91 Å². The summed E-state index contributed by atoms with van der Waals surface area (Å²) < 4.78 is 13.4. The molecule has 2 heterocycles. The van der Waals surface area contributed by atoms with Crippen LogP contribution in [0.1, 0.15) is 36.7 Å². The van der Waals surface area contributed by atoms with Crippen LogP contribution in [0.3, 0.4) is 0 Å². The summed E-state index contributed by atoms with van der Waals surface area (Å²) in [6.07, 6.45) is 2.61. The third-order valence-electron chi connectivity index (χ3n) is 3.76. The first-order chi connectivity index (χ1) is 10.2. The second-order valence-electron chi connectivity index (χ2n) is 5.13. The Morgan fingerprint density at radius 1 is 1.48 bits per heavy atom. The smallest absolute Gasteiger partial charge is 0.223 e. The van der Waals surface area contributed by atoms with Gasteiger partial charge in [0.05, 0.1) is 6.04 Å². The van der Waals surface area contributed by atoms with Crippen LogP contribution in [0.4, 0.5) is 4.39 Å². The van der Waals surface area contributed by atoms with E-state index in [0.29, 0.717) is 25.2 Å². The van der Waals surface area contributed by atoms with Crippen molar-refractivity contribution in [3.63, 3.8) is 0 Å². The van der Waals surface area contributed by atoms with Crippen LogP contribution in [0.15, 0.2) is 24.3 Å². The maximum absolute atomic E-state index is 13.4. The lowest BCUT2D eigenvalue weighted by molar-refractivity contribution is -0.132. The summed E-state index contributed by atoms with van der Waals surface area (Å²) in [6.45, 7) is 0.715. The van der Waals surface area contributed by atoms with Gasteiger partial charge in [-0.3, -0.25) is 4.79 Å². The van der Waals surface area contributed by atoms with Crippen LogP contribution in [-0.4, -0.2) is 38.0 Å². The van der Waals surface area contributed by atoms with Crippen molar-refractivity contribution in [1.29, 1.82) is 0 Å². The molecule has 21 heavy (non-hydrogen) atoms. The molecule has 1 fully saturated rings. The van der Waals surface area contributed by atoms with Gasteiger partial charge in [0.1, 0.15) is 5.82 Å². The lowest BCUT2D eigenvalue weighted by atomic mass is 10.0. The lowest BCUT2D eigenvalue weighted by Crippen LogP contribution is -2.30. The van der Waals surface area contributed by atoms with E-state index < -0.39 is 0 Å². The van der Waals surface area contributed by atoms with Crippen LogP contribution in [-0.2, 0) is 11.2 Å². The van der Waals surface area contributed by atoms with E-state index in [1.165, 1.54) is 12.1 Å². The van der Waals surface area contributed by atoms with E-state index in [0.717, 1.165) is 18.4 Å². The fourth-order valence-electron chi connectivity index (χ4n) is 2.78. The van der Waals surface area contributed by atoms with Crippen molar-refractivity contribution in [2.45, 2.75) is 31.7 Å². The van der Waals surface area contributed by atoms with Crippen molar-refractivity contribution in [2.24, 2.45) is 0 Å². The van der Waals surface area contributed by atoms with Gasteiger partial charge in [-0.1, -0.05) is 17.3 Å². The van der Waals surface area contributed by atoms with E-state index in [4.69, 9.17) is 0 Å². The van der Waals surface area contributed by atoms with E-state index in [1.54, 1.807) is 6.07 Å². The normalized spacial score (nSPS) is 18.1. The molecule has 0 aliphatic carbocycles. The maximum atomic E-state index is 13.4. The van der Waals surface area contributed by atoms with E-state index in [1.807, 2.05) is 11.0 Å². The number of H-pyrrole nitrogens is 1. The molecule has 0 radical (unpaired) electrons. The topological polar surface area (TPSA) is 74.8 Å². The van der Waals surface area contributed by atoms with Crippen molar-refractivity contribution in [1.82, 2.24) is 25.5 Å². The minimum atomic E-state index is -0.265. The minimum Gasteiger partial charge on any atom is -0.336 e. The number of nitrogens with one attached hydrogen (secondary N) is 1. The first kappa shape index (κ1) is 13.7. The number of likely N-dealkylation sites (tertiary alicyclic amines) is 1. The molecule has 1 aliphatic heterocycles. The van der Waals surface area contributed by atoms with Gasteiger partial charge >= 0.3 is 0 Å². The molecule has 0 saturated carbocycles. The van der Waals surface area contributed by atoms with E-state index in [-0.39, 0.29) is 17.8 Å². The van der Waals surface area contributed by atoms with Gasteiger partial charge in [-0.25, -0.2) is 4.39 Å². The Morgan fingerprint density at radius 3 is 3.14 bits per heavy atom. The van der Waals surface area contributed by atoms with Gasteiger partial charge in [0.25, 0.3) is 0 Å². The number of rotatable bonds is 4. The maximum Gasteiger partial charge on any atom is 0.223 e.